The molecule has 6 nitrogen and oxygen atoms in total. The molecule has 4 aromatic carbocycles. The number of amides is 1. The topological polar surface area (TPSA) is 101 Å². The van der Waals surface area contributed by atoms with E-state index in [9.17, 15) is 18.0 Å². The molecule has 0 fully saturated rings. The summed E-state index contributed by atoms with van der Waals surface area (Å²) < 4.78 is 30.9. The van der Waals surface area contributed by atoms with Gasteiger partial charge in [0.25, 0.3) is 10.1 Å². The van der Waals surface area contributed by atoms with E-state index < -0.39 is 21.8 Å². The third kappa shape index (κ3) is 10.5. The first-order valence-electron chi connectivity index (χ1n) is 15.2. The number of ketones is 1. The van der Waals surface area contributed by atoms with Crippen LogP contribution in [0.5, 0.6) is 0 Å². The number of halogens is 1. The number of allylic oxidation sites excluding steroid dienone is 1. The molecule has 0 heterocycles. The fraction of sp³-hybridized carbons (Fsp3) is 0.263. The van der Waals surface area contributed by atoms with E-state index in [1.54, 1.807) is 12.1 Å². The van der Waals surface area contributed by atoms with E-state index in [0.717, 1.165) is 33.4 Å². The number of hydrogen-bond donors (Lipinski definition) is 2. The molecule has 0 radical (unpaired) electrons. The Balaban J connectivity index is 1.56. The number of anilines is 1. The molecule has 0 spiro atoms. The zero-order chi connectivity index (χ0) is 33.5. The third-order valence-electron chi connectivity index (χ3n) is 7.58. The Morgan fingerprint density at radius 1 is 0.935 bits per heavy atom. The van der Waals surface area contributed by atoms with Crippen molar-refractivity contribution >= 4 is 45.2 Å². The summed E-state index contributed by atoms with van der Waals surface area (Å²) in [5.41, 5.74) is 7.04. The minimum absolute atomic E-state index is 0.00896. The van der Waals surface area contributed by atoms with E-state index in [2.05, 4.69) is 38.2 Å². The molecule has 1 atom stereocenters. The average Bonchev–Trinajstić information content (AvgIpc) is 2.99. The highest BCUT2D eigenvalue weighted by molar-refractivity contribution is 7.85. The first-order valence-corrected chi connectivity index (χ1v) is 17.2. The second-order valence-corrected chi connectivity index (χ2v) is 14.7. The van der Waals surface area contributed by atoms with Crippen LogP contribution in [0, 0.1) is 12.3 Å². The molecule has 2 N–H and O–H groups in total. The SMILES string of the molecule is Cc1cc(Cl)ccc1-c1ccc(NC(=O)C(Cc2ccc(C(=O)CCCS(=O)(=O)O)cc2)c2cccc(/C=C/C(C)(C)C)c2)cc1. The van der Waals surface area contributed by atoms with Gasteiger partial charge in [-0.25, -0.2) is 0 Å². The Labute approximate surface area is 277 Å². The second kappa shape index (κ2) is 15.0. The summed E-state index contributed by atoms with van der Waals surface area (Å²) in [5.74, 6) is -1.34. The maximum atomic E-state index is 13.9. The van der Waals surface area contributed by atoms with Crippen molar-refractivity contribution in [1.82, 2.24) is 0 Å². The number of rotatable bonds is 12. The lowest BCUT2D eigenvalue weighted by Crippen LogP contribution is -2.23. The zero-order valence-electron chi connectivity index (χ0n) is 26.6. The fourth-order valence-electron chi connectivity index (χ4n) is 5.12. The van der Waals surface area contributed by atoms with E-state index in [4.69, 9.17) is 16.2 Å². The first-order chi connectivity index (χ1) is 21.7. The van der Waals surface area contributed by atoms with Gasteiger partial charge in [0, 0.05) is 22.7 Å². The third-order valence-corrected chi connectivity index (χ3v) is 8.62. The summed E-state index contributed by atoms with van der Waals surface area (Å²) in [6.45, 7) is 8.41. The van der Waals surface area contributed by atoms with E-state index in [1.165, 1.54) is 0 Å². The highest BCUT2D eigenvalue weighted by Gasteiger charge is 2.22. The lowest BCUT2D eigenvalue weighted by Gasteiger charge is -2.19. The van der Waals surface area contributed by atoms with Crippen LogP contribution < -0.4 is 5.32 Å². The zero-order valence-corrected chi connectivity index (χ0v) is 28.2. The molecule has 4 rings (SSSR count). The molecule has 0 aliphatic heterocycles. The summed E-state index contributed by atoms with van der Waals surface area (Å²) in [4.78, 5) is 26.5. The maximum absolute atomic E-state index is 13.9. The quantitative estimate of drug-likeness (QED) is 0.117. The van der Waals surface area contributed by atoms with Gasteiger partial charge in [-0.05, 0) is 82.8 Å². The molecule has 0 bridgehead atoms. The monoisotopic (exact) mass is 657 g/mol. The highest BCUT2D eigenvalue weighted by atomic mass is 35.5. The molecular weight excluding hydrogens is 618 g/mol. The average molecular weight is 658 g/mol. The molecule has 1 amide bonds. The van der Waals surface area contributed by atoms with E-state index in [1.807, 2.05) is 85.8 Å². The van der Waals surface area contributed by atoms with Crippen LogP contribution >= 0.6 is 11.6 Å². The molecule has 240 valence electrons. The second-order valence-electron chi connectivity index (χ2n) is 12.7. The number of carbonyl (C=O) groups excluding carboxylic acids is 2. The van der Waals surface area contributed by atoms with Crippen LogP contribution in [0.15, 0.2) is 97.1 Å². The maximum Gasteiger partial charge on any atom is 0.264 e. The summed E-state index contributed by atoms with van der Waals surface area (Å²) in [7, 11) is -4.11. The van der Waals surface area contributed by atoms with Crippen LogP contribution in [0.25, 0.3) is 17.2 Å². The molecule has 0 aliphatic carbocycles. The number of nitrogens with one attached hydrogen (secondary N) is 1. The summed E-state index contributed by atoms with van der Waals surface area (Å²) in [6, 6.07) is 28.5. The van der Waals surface area contributed by atoms with Crippen molar-refractivity contribution in [1.29, 1.82) is 0 Å². The van der Waals surface area contributed by atoms with Crippen LogP contribution in [0.4, 0.5) is 5.69 Å². The number of benzene rings is 4. The van der Waals surface area contributed by atoms with Crippen molar-refractivity contribution in [2.75, 3.05) is 11.1 Å². The van der Waals surface area contributed by atoms with Crippen LogP contribution in [0.2, 0.25) is 5.02 Å². The number of carbonyl (C=O) groups is 2. The minimum atomic E-state index is -4.11. The smallest absolute Gasteiger partial charge is 0.264 e. The predicted molar refractivity (Wildman–Crippen MR) is 188 cm³/mol. The van der Waals surface area contributed by atoms with Gasteiger partial charge in [-0.1, -0.05) is 111 Å². The Morgan fingerprint density at radius 3 is 2.26 bits per heavy atom. The number of aryl methyl sites for hydroxylation is 1. The van der Waals surface area contributed by atoms with Crippen molar-refractivity contribution in [2.45, 2.75) is 52.9 Å². The van der Waals surface area contributed by atoms with Gasteiger partial charge in [-0.2, -0.15) is 8.42 Å². The Hall–Kier alpha value is -4.04. The molecule has 0 aliphatic rings. The molecule has 0 aromatic heterocycles. The molecule has 46 heavy (non-hydrogen) atoms. The lowest BCUT2D eigenvalue weighted by atomic mass is 9.89. The summed E-state index contributed by atoms with van der Waals surface area (Å²) in [5, 5.41) is 3.79. The number of hydrogen-bond acceptors (Lipinski definition) is 4. The van der Waals surface area contributed by atoms with Gasteiger partial charge in [-0.3, -0.25) is 14.1 Å². The van der Waals surface area contributed by atoms with E-state index in [-0.39, 0.29) is 29.9 Å². The van der Waals surface area contributed by atoms with Crippen molar-refractivity contribution < 1.29 is 22.6 Å². The molecule has 1 unspecified atom stereocenters. The van der Waals surface area contributed by atoms with E-state index >= 15 is 0 Å². The van der Waals surface area contributed by atoms with Gasteiger partial charge in [0.05, 0.1) is 11.7 Å². The van der Waals surface area contributed by atoms with Gasteiger partial charge in [0.2, 0.25) is 5.91 Å². The van der Waals surface area contributed by atoms with Crippen LogP contribution in [-0.2, 0) is 21.3 Å². The van der Waals surface area contributed by atoms with Gasteiger partial charge in [-0.15, -0.1) is 0 Å². The van der Waals surface area contributed by atoms with Crippen molar-refractivity contribution in [3.63, 3.8) is 0 Å². The standard InChI is InChI=1S/C38H40ClNO5S/c1-26-23-32(39)16-19-34(26)29-14-17-33(18-15-29)40-37(42)35(31-8-5-7-27(24-31)20-21-38(2,3)4)25-28-10-12-30(13-11-28)36(41)9-6-22-46(43,44)45/h5,7-8,10-21,23-24,35H,6,9,22,25H2,1-4H3,(H,40,42)(H,43,44,45)/b21-20+. The van der Waals surface area contributed by atoms with E-state index in [0.29, 0.717) is 22.7 Å². The highest BCUT2D eigenvalue weighted by Crippen LogP contribution is 2.29. The molecule has 0 saturated carbocycles. The van der Waals surface area contributed by atoms with Gasteiger partial charge in [0.1, 0.15) is 0 Å². The van der Waals surface area contributed by atoms with Crippen LogP contribution in [0.1, 0.15) is 72.1 Å². The van der Waals surface area contributed by atoms with Crippen LogP contribution in [-0.4, -0.2) is 30.4 Å². The first kappa shape index (κ1) is 34.8. The lowest BCUT2D eigenvalue weighted by molar-refractivity contribution is -0.117. The summed E-state index contributed by atoms with van der Waals surface area (Å²) >= 11 is 6.13. The van der Waals surface area contributed by atoms with Gasteiger partial charge in [0.15, 0.2) is 5.78 Å². The molecule has 4 aromatic rings. The van der Waals surface area contributed by atoms with Gasteiger partial charge < -0.3 is 5.32 Å². The van der Waals surface area contributed by atoms with Crippen molar-refractivity contribution in [3.05, 3.63) is 130 Å². The molecular formula is C38H40ClNO5S. The van der Waals surface area contributed by atoms with Gasteiger partial charge >= 0.3 is 0 Å². The molecule has 0 saturated heterocycles. The van der Waals surface area contributed by atoms with Crippen LogP contribution in [0.3, 0.4) is 0 Å². The molecule has 8 heteroatoms. The number of Topliss-reactive ketones (excluding diaryl/α,β-unsaturated/α-hetero) is 1. The Bertz CT molecular complexity index is 1820. The van der Waals surface area contributed by atoms with Crippen molar-refractivity contribution in [3.8, 4) is 11.1 Å². The summed E-state index contributed by atoms with van der Waals surface area (Å²) in [6.07, 6.45) is 4.66. The predicted octanol–water partition coefficient (Wildman–Crippen LogP) is 9.19. The van der Waals surface area contributed by atoms with Crippen molar-refractivity contribution in [2.24, 2.45) is 5.41 Å². The normalized spacial score (nSPS) is 12.7. The largest absolute Gasteiger partial charge is 0.326 e. The minimum Gasteiger partial charge on any atom is -0.326 e. The Kier molecular flexibility index (Phi) is 11.4. The Morgan fingerprint density at radius 2 is 1.63 bits per heavy atom. The fourth-order valence-corrected chi connectivity index (χ4v) is 5.86.